The molecule has 1 amide bonds. The summed E-state index contributed by atoms with van der Waals surface area (Å²) in [6.45, 7) is 3.20. The molecule has 0 bridgehead atoms. The third kappa shape index (κ3) is 3.02. The van der Waals surface area contributed by atoms with Crippen molar-refractivity contribution in [3.8, 4) is 0 Å². The SMILES string of the molecule is CCc1oc2ccccc2c1CN(C)C(=O)CCCN. The number of furan rings is 1. The Morgan fingerprint density at radius 3 is 2.80 bits per heavy atom. The van der Waals surface area contributed by atoms with E-state index in [0.29, 0.717) is 19.5 Å². The lowest BCUT2D eigenvalue weighted by atomic mass is 10.1. The molecule has 20 heavy (non-hydrogen) atoms. The quantitative estimate of drug-likeness (QED) is 0.881. The highest BCUT2D eigenvalue weighted by molar-refractivity contribution is 5.83. The molecule has 0 aliphatic heterocycles. The average molecular weight is 274 g/mol. The van der Waals surface area contributed by atoms with Gasteiger partial charge in [-0.2, -0.15) is 0 Å². The zero-order chi connectivity index (χ0) is 14.5. The molecule has 2 N–H and O–H groups in total. The molecule has 1 heterocycles. The number of nitrogens with zero attached hydrogens (tertiary/aromatic N) is 1. The minimum absolute atomic E-state index is 0.128. The van der Waals surface area contributed by atoms with E-state index in [1.807, 2.05) is 31.3 Å². The van der Waals surface area contributed by atoms with Gasteiger partial charge < -0.3 is 15.1 Å². The van der Waals surface area contributed by atoms with Crippen LogP contribution in [0.4, 0.5) is 0 Å². The number of carbonyl (C=O) groups excluding carboxylic acids is 1. The molecule has 0 spiro atoms. The van der Waals surface area contributed by atoms with Crippen molar-refractivity contribution in [2.45, 2.75) is 32.7 Å². The molecule has 0 radical (unpaired) electrons. The Morgan fingerprint density at radius 1 is 1.35 bits per heavy atom. The van der Waals surface area contributed by atoms with Crippen molar-refractivity contribution in [2.24, 2.45) is 5.73 Å². The minimum Gasteiger partial charge on any atom is -0.461 e. The van der Waals surface area contributed by atoms with Crippen LogP contribution in [0.5, 0.6) is 0 Å². The van der Waals surface area contributed by atoms with Crippen molar-refractivity contribution < 1.29 is 9.21 Å². The maximum Gasteiger partial charge on any atom is 0.222 e. The van der Waals surface area contributed by atoms with E-state index in [2.05, 4.69) is 6.92 Å². The van der Waals surface area contributed by atoms with Gasteiger partial charge in [-0.15, -0.1) is 0 Å². The molecular formula is C16H22N2O2. The van der Waals surface area contributed by atoms with Gasteiger partial charge in [0.2, 0.25) is 5.91 Å². The molecular weight excluding hydrogens is 252 g/mol. The first-order valence-electron chi connectivity index (χ1n) is 7.10. The van der Waals surface area contributed by atoms with Crippen molar-refractivity contribution in [1.29, 1.82) is 0 Å². The standard InChI is InChI=1S/C16H22N2O2/c1-3-14-13(11-18(2)16(19)9-6-10-17)12-7-4-5-8-15(12)20-14/h4-5,7-8H,3,6,9-11,17H2,1-2H3. The fourth-order valence-electron chi connectivity index (χ4n) is 2.38. The number of hydrogen-bond donors (Lipinski definition) is 1. The third-order valence-corrected chi connectivity index (χ3v) is 3.52. The fourth-order valence-corrected chi connectivity index (χ4v) is 2.38. The number of fused-ring (bicyclic) bond motifs is 1. The number of rotatable bonds is 6. The normalized spacial score (nSPS) is 10.9. The van der Waals surface area contributed by atoms with Gasteiger partial charge in [-0.05, 0) is 19.0 Å². The second-order valence-corrected chi connectivity index (χ2v) is 5.00. The van der Waals surface area contributed by atoms with Crippen LogP contribution in [-0.4, -0.2) is 24.4 Å². The van der Waals surface area contributed by atoms with Gasteiger partial charge in [-0.25, -0.2) is 0 Å². The number of hydrogen-bond acceptors (Lipinski definition) is 3. The van der Waals surface area contributed by atoms with E-state index < -0.39 is 0 Å². The molecule has 0 aliphatic rings. The van der Waals surface area contributed by atoms with Gasteiger partial charge >= 0.3 is 0 Å². The third-order valence-electron chi connectivity index (χ3n) is 3.52. The van der Waals surface area contributed by atoms with Gasteiger partial charge in [0.15, 0.2) is 0 Å². The molecule has 4 heteroatoms. The summed E-state index contributed by atoms with van der Waals surface area (Å²) in [5, 5.41) is 1.10. The number of benzene rings is 1. The lowest BCUT2D eigenvalue weighted by Gasteiger charge is -2.17. The molecule has 0 saturated heterocycles. The first kappa shape index (κ1) is 14.6. The number of aryl methyl sites for hydroxylation is 1. The molecule has 108 valence electrons. The van der Waals surface area contributed by atoms with E-state index in [4.69, 9.17) is 10.2 Å². The summed E-state index contributed by atoms with van der Waals surface area (Å²) in [5.74, 6) is 1.09. The van der Waals surface area contributed by atoms with Crippen LogP contribution in [0.2, 0.25) is 0 Å². The van der Waals surface area contributed by atoms with Gasteiger partial charge in [-0.3, -0.25) is 4.79 Å². The molecule has 0 fully saturated rings. The molecule has 0 saturated carbocycles. The van der Waals surface area contributed by atoms with Gasteiger partial charge in [0, 0.05) is 37.4 Å². The molecule has 2 rings (SSSR count). The van der Waals surface area contributed by atoms with Crippen molar-refractivity contribution in [1.82, 2.24) is 4.90 Å². The Morgan fingerprint density at radius 2 is 2.10 bits per heavy atom. The van der Waals surface area contributed by atoms with Crippen LogP contribution in [0.1, 0.15) is 31.1 Å². The van der Waals surface area contributed by atoms with Crippen molar-refractivity contribution in [3.05, 3.63) is 35.6 Å². The van der Waals surface area contributed by atoms with Crippen LogP contribution in [0, 0.1) is 0 Å². The maximum absolute atomic E-state index is 12.0. The summed E-state index contributed by atoms with van der Waals surface area (Å²) in [6.07, 6.45) is 2.06. The van der Waals surface area contributed by atoms with Crippen LogP contribution in [0.3, 0.4) is 0 Å². The summed E-state index contributed by atoms with van der Waals surface area (Å²) in [6, 6.07) is 7.97. The molecule has 1 aromatic heterocycles. The Balaban J connectivity index is 2.22. The van der Waals surface area contributed by atoms with E-state index >= 15 is 0 Å². The van der Waals surface area contributed by atoms with Crippen LogP contribution in [0.15, 0.2) is 28.7 Å². The molecule has 0 atom stereocenters. The number of para-hydroxylation sites is 1. The van der Waals surface area contributed by atoms with Crippen molar-refractivity contribution >= 4 is 16.9 Å². The summed E-state index contributed by atoms with van der Waals surface area (Å²) in [4.78, 5) is 13.8. The molecule has 2 aromatic rings. The molecule has 4 nitrogen and oxygen atoms in total. The fraction of sp³-hybridized carbons (Fsp3) is 0.438. The number of carbonyl (C=O) groups is 1. The highest BCUT2D eigenvalue weighted by Gasteiger charge is 2.16. The van der Waals surface area contributed by atoms with E-state index in [0.717, 1.165) is 35.1 Å². The van der Waals surface area contributed by atoms with Crippen LogP contribution in [0.25, 0.3) is 11.0 Å². The lowest BCUT2D eigenvalue weighted by molar-refractivity contribution is -0.130. The molecule has 0 aliphatic carbocycles. The Hall–Kier alpha value is -1.81. The lowest BCUT2D eigenvalue weighted by Crippen LogP contribution is -2.26. The summed E-state index contributed by atoms with van der Waals surface area (Å²) >= 11 is 0. The second kappa shape index (κ2) is 6.57. The smallest absolute Gasteiger partial charge is 0.222 e. The van der Waals surface area contributed by atoms with E-state index in [-0.39, 0.29) is 5.91 Å². The number of amides is 1. The first-order valence-corrected chi connectivity index (χ1v) is 7.10. The maximum atomic E-state index is 12.0. The summed E-state index contributed by atoms with van der Waals surface area (Å²) in [5.41, 5.74) is 7.46. The van der Waals surface area contributed by atoms with Gasteiger partial charge in [-0.1, -0.05) is 25.1 Å². The molecule has 1 aromatic carbocycles. The van der Waals surface area contributed by atoms with E-state index in [1.165, 1.54) is 0 Å². The predicted molar refractivity (Wildman–Crippen MR) is 80.4 cm³/mol. The first-order chi connectivity index (χ1) is 9.67. The van der Waals surface area contributed by atoms with E-state index in [9.17, 15) is 4.79 Å². The van der Waals surface area contributed by atoms with Crippen LogP contribution >= 0.6 is 0 Å². The largest absolute Gasteiger partial charge is 0.461 e. The highest BCUT2D eigenvalue weighted by atomic mass is 16.3. The number of nitrogens with two attached hydrogens (primary N) is 1. The van der Waals surface area contributed by atoms with E-state index in [1.54, 1.807) is 4.90 Å². The van der Waals surface area contributed by atoms with Gasteiger partial charge in [0.25, 0.3) is 0 Å². The molecule has 0 unspecified atom stereocenters. The highest BCUT2D eigenvalue weighted by Crippen LogP contribution is 2.27. The monoisotopic (exact) mass is 274 g/mol. The van der Waals surface area contributed by atoms with Crippen molar-refractivity contribution in [3.63, 3.8) is 0 Å². The van der Waals surface area contributed by atoms with Crippen LogP contribution in [-0.2, 0) is 17.8 Å². The Bertz CT molecular complexity index is 589. The predicted octanol–water partition coefficient (Wildman–Crippen LogP) is 2.69. The zero-order valence-corrected chi connectivity index (χ0v) is 12.2. The minimum atomic E-state index is 0.128. The second-order valence-electron chi connectivity index (χ2n) is 5.00. The zero-order valence-electron chi connectivity index (χ0n) is 12.2. The van der Waals surface area contributed by atoms with Crippen molar-refractivity contribution in [2.75, 3.05) is 13.6 Å². The summed E-state index contributed by atoms with van der Waals surface area (Å²) in [7, 11) is 1.83. The van der Waals surface area contributed by atoms with Gasteiger partial charge in [0.05, 0.1) is 0 Å². The summed E-state index contributed by atoms with van der Waals surface area (Å²) < 4.78 is 5.85. The Labute approximate surface area is 119 Å². The van der Waals surface area contributed by atoms with Crippen LogP contribution < -0.4 is 5.73 Å². The average Bonchev–Trinajstić information content (AvgIpc) is 2.82. The van der Waals surface area contributed by atoms with Gasteiger partial charge in [0.1, 0.15) is 11.3 Å². The Kier molecular flexibility index (Phi) is 4.79. The topological polar surface area (TPSA) is 59.5 Å².